The molecule has 0 radical (unpaired) electrons. The quantitative estimate of drug-likeness (QED) is 0.224. The van der Waals surface area contributed by atoms with Crippen molar-refractivity contribution in [3.05, 3.63) is 102 Å². The van der Waals surface area contributed by atoms with Crippen molar-refractivity contribution in [2.45, 2.75) is 44.9 Å². The van der Waals surface area contributed by atoms with Gasteiger partial charge in [-0.2, -0.15) is 5.26 Å². The van der Waals surface area contributed by atoms with Crippen LogP contribution < -0.4 is 4.57 Å². The van der Waals surface area contributed by atoms with E-state index in [1.165, 1.54) is 48.4 Å². The van der Waals surface area contributed by atoms with Gasteiger partial charge >= 0.3 is 0 Å². The average molecular weight is 508 g/mol. The van der Waals surface area contributed by atoms with Crippen molar-refractivity contribution in [1.29, 1.82) is 5.26 Å². The fourth-order valence-electron chi connectivity index (χ4n) is 6.67. The zero-order chi connectivity index (χ0) is 26.5. The van der Waals surface area contributed by atoms with Gasteiger partial charge in [0.15, 0.2) is 6.20 Å². The van der Waals surface area contributed by atoms with E-state index in [9.17, 15) is 5.26 Å². The summed E-state index contributed by atoms with van der Waals surface area (Å²) in [4.78, 5) is 0. The number of aryl methyl sites for hydroxylation is 2. The van der Waals surface area contributed by atoms with Crippen LogP contribution in [-0.2, 0) is 7.05 Å². The van der Waals surface area contributed by atoms with Gasteiger partial charge in [0, 0.05) is 22.4 Å². The predicted octanol–water partition coefficient (Wildman–Crippen LogP) is 9.13. The molecule has 3 heteroatoms. The third kappa shape index (κ3) is 3.82. The highest BCUT2D eigenvalue weighted by molar-refractivity contribution is 6.16. The fraction of sp³-hybridized carbons (Fsp3) is 0.222. The van der Waals surface area contributed by atoms with Gasteiger partial charge in [-0.25, -0.2) is 4.57 Å². The van der Waals surface area contributed by atoms with Crippen LogP contribution in [-0.4, -0.2) is 0 Å². The van der Waals surface area contributed by atoms with Gasteiger partial charge in [0.2, 0.25) is 5.69 Å². The Morgan fingerprint density at radius 1 is 0.846 bits per heavy atom. The summed E-state index contributed by atoms with van der Waals surface area (Å²) in [6, 6.07) is 30.2. The Morgan fingerprint density at radius 2 is 1.64 bits per heavy atom. The molecule has 0 aliphatic heterocycles. The molecule has 1 fully saturated rings. The van der Waals surface area contributed by atoms with Crippen molar-refractivity contribution in [3.63, 3.8) is 0 Å². The van der Waals surface area contributed by atoms with Gasteiger partial charge in [0.05, 0.1) is 22.6 Å². The number of rotatable bonds is 3. The van der Waals surface area contributed by atoms with Gasteiger partial charge in [-0.15, -0.1) is 0 Å². The van der Waals surface area contributed by atoms with Gasteiger partial charge in [0.1, 0.15) is 18.2 Å². The molecule has 1 saturated carbocycles. The molecular formula is C36H31N2O+. The molecule has 6 aromatic rings. The molecule has 2 aromatic heterocycles. The molecule has 3 nitrogen and oxygen atoms in total. The van der Waals surface area contributed by atoms with E-state index in [0.717, 1.165) is 49.9 Å². The Labute approximate surface area is 228 Å². The van der Waals surface area contributed by atoms with Gasteiger partial charge in [0.25, 0.3) is 0 Å². The van der Waals surface area contributed by atoms with E-state index in [2.05, 4.69) is 79.3 Å². The molecule has 0 unspecified atom stereocenters. The van der Waals surface area contributed by atoms with Crippen molar-refractivity contribution in [2.75, 3.05) is 0 Å². The SMILES string of the molecule is Cc1ccc2c(oc3c(-c4ccccc4)ccc(C#N)c32)c1-c1c2ccc(C3CCCCC3)cc2cc[n+]1C. The number of furan rings is 1. The molecule has 0 amide bonds. The van der Waals surface area contributed by atoms with Crippen LogP contribution in [0.1, 0.15) is 54.7 Å². The molecule has 190 valence electrons. The number of fused-ring (bicyclic) bond motifs is 4. The summed E-state index contributed by atoms with van der Waals surface area (Å²) in [5.74, 6) is 0.668. The molecule has 39 heavy (non-hydrogen) atoms. The van der Waals surface area contributed by atoms with E-state index in [1.807, 2.05) is 30.3 Å². The first kappa shape index (κ1) is 23.7. The monoisotopic (exact) mass is 507 g/mol. The van der Waals surface area contributed by atoms with E-state index < -0.39 is 0 Å². The van der Waals surface area contributed by atoms with Crippen LogP contribution in [0.5, 0.6) is 0 Å². The van der Waals surface area contributed by atoms with Crippen LogP contribution in [0, 0.1) is 18.3 Å². The van der Waals surface area contributed by atoms with Crippen LogP contribution in [0.25, 0.3) is 55.1 Å². The summed E-state index contributed by atoms with van der Waals surface area (Å²) >= 11 is 0. The minimum absolute atomic E-state index is 0.637. The summed E-state index contributed by atoms with van der Waals surface area (Å²) in [6.07, 6.45) is 8.79. The topological polar surface area (TPSA) is 40.8 Å². The normalized spacial score (nSPS) is 14.3. The van der Waals surface area contributed by atoms with Crippen LogP contribution in [0.3, 0.4) is 0 Å². The first-order chi connectivity index (χ1) is 19.1. The molecule has 1 aliphatic carbocycles. The molecule has 0 spiro atoms. The van der Waals surface area contributed by atoms with Crippen molar-refractivity contribution in [3.8, 4) is 28.5 Å². The lowest BCUT2D eigenvalue weighted by Crippen LogP contribution is -2.30. The number of nitriles is 1. The van der Waals surface area contributed by atoms with Crippen LogP contribution in [0.15, 0.2) is 89.5 Å². The highest BCUT2D eigenvalue weighted by Gasteiger charge is 2.26. The molecule has 4 aromatic carbocycles. The summed E-state index contributed by atoms with van der Waals surface area (Å²) in [6.45, 7) is 2.15. The van der Waals surface area contributed by atoms with Crippen molar-refractivity contribution in [2.24, 2.45) is 7.05 Å². The standard InChI is InChI=1S/C36H31N2O/c1-23-13-16-31-33-28(22-37)15-18-30(25-11-7-4-8-12-25)35(33)39-36(31)32(23)34-29-17-14-26(24-9-5-3-6-10-24)21-27(29)19-20-38(34)2/h4,7-8,11-21,24H,3,5-6,9-10H2,1-2H3/q+1. The molecule has 7 rings (SSSR count). The lowest BCUT2D eigenvalue weighted by molar-refractivity contribution is -0.659. The van der Waals surface area contributed by atoms with E-state index in [4.69, 9.17) is 4.42 Å². The number of nitrogens with zero attached hydrogens (tertiary/aromatic N) is 2. The Hall–Kier alpha value is -4.42. The number of pyridine rings is 1. The second kappa shape index (κ2) is 9.40. The van der Waals surface area contributed by atoms with E-state index >= 15 is 0 Å². The third-order valence-electron chi connectivity index (χ3n) is 8.68. The van der Waals surface area contributed by atoms with Crippen molar-refractivity contribution >= 4 is 32.7 Å². The van der Waals surface area contributed by atoms with E-state index in [0.29, 0.717) is 11.5 Å². The maximum Gasteiger partial charge on any atom is 0.224 e. The maximum absolute atomic E-state index is 10.0. The number of benzene rings is 4. The minimum Gasteiger partial charge on any atom is -0.454 e. The van der Waals surface area contributed by atoms with Crippen molar-refractivity contribution in [1.82, 2.24) is 0 Å². The summed E-state index contributed by atoms with van der Waals surface area (Å²) in [5, 5.41) is 14.4. The Bertz CT molecular complexity index is 1920. The second-order valence-corrected chi connectivity index (χ2v) is 11.0. The average Bonchev–Trinajstić information content (AvgIpc) is 3.38. The van der Waals surface area contributed by atoms with Gasteiger partial charge < -0.3 is 4.42 Å². The van der Waals surface area contributed by atoms with Gasteiger partial charge in [-0.1, -0.05) is 73.9 Å². The van der Waals surface area contributed by atoms with Crippen LogP contribution in [0.4, 0.5) is 0 Å². The third-order valence-corrected chi connectivity index (χ3v) is 8.68. The molecule has 0 saturated heterocycles. The molecule has 2 heterocycles. The molecular weight excluding hydrogens is 476 g/mol. The van der Waals surface area contributed by atoms with E-state index in [1.54, 1.807) is 0 Å². The first-order valence-electron chi connectivity index (χ1n) is 14.0. The number of hydrogen-bond acceptors (Lipinski definition) is 2. The molecule has 0 bridgehead atoms. The minimum atomic E-state index is 0.637. The second-order valence-electron chi connectivity index (χ2n) is 11.0. The summed E-state index contributed by atoms with van der Waals surface area (Å²) < 4.78 is 9.01. The first-order valence-corrected chi connectivity index (χ1v) is 14.0. The largest absolute Gasteiger partial charge is 0.454 e. The summed E-state index contributed by atoms with van der Waals surface area (Å²) in [5.41, 5.74) is 9.17. The molecule has 0 atom stereocenters. The maximum atomic E-state index is 10.0. The van der Waals surface area contributed by atoms with Crippen molar-refractivity contribution < 1.29 is 8.98 Å². The molecule has 1 aliphatic rings. The molecule has 0 N–H and O–H groups in total. The zero-order valence-electron chi connectivity index (χ0n) is 22.5. The number of hydrogen-bond donors (Lipinski definition) is 0. The van der Waals surface area contributed by atoms with Gasteiger partial charge in [-0.05, 0) is 66.0 Å². The van der Waals surface area contributed by atoms with Crippen LogP contribution in [0.2, 0.25) is 0 Å². The fourth-order valence-corrected chi connectivity index (χ4v) is 6.67. The highest BCUT2D eigenvalue weighted by atomic mass is 16.3. The van der Waals surface area contributed by atoms with Crippen LogP contribution >= 0.6 is 0 Å². The Morgan fingerprint density at radius 3 is 2.44 bits per heavy atom. The van der Waals surface area contributed by atoms with E-state index in [-0.39, 0.29) is 0 Å². The zero-order valence-corrected chi connectivity index (χ0v) is 22.5. The van der Waals surface area contributed by atoms with Gasteiger partial charge in [-0.3, -0.25) is 0 Å². The summed E-state index contributed by atoms with van der Waals surface area (Å²) in [7, 11) is 2.11. The lowest BCUT2D eigenvalue weighted by Gasteiger charge is -2.22. The Kier molecular flexibility index (Phi) is 5.71. The highest BCUT2D eigenvalue weighted by Crippen LogP contribution is 2.43. The Balaban J connectivity index is 1.51. The smallest absolute Gasteiger partial charge is 0.224 e. The number of aromatic nitrogens is 1. The lowest BCUT2D eigenvalue weighted by atomic mass is 9.83. The predicted molar refractivity (Wildman–Crippen MR) is 159 cm³/mol.